The second kappa shape index (κ2) is 10.5. The second-order valence-electron chi connectivity index (χ2n) is 7.92. The van der Waals surface area contributed by atoms with Crippen LogP contribution in [-0.2, 0) is 0 Å². The Labute approximate surface area is 187 Å². The van der Waals surface area contributed by atoms with Crippen LogP contribution >= 0.6 is 0 Å². The van der Waals surface area contributed by atoms with E-state index in [1.165, 1.54) is 6.21 Å². The molecule has 0 saturated heterocycles. The number of nitrogens with one attached hydrogen (secondary N) is 2. The van der Waals surface area contributed by atoms with E-state index in [1.54, 1.807) is 31.5 Å². The van der Waals surface area contributed by atoms with Gasteiger partial charge in [0.25, 0.3) is 0 Å². The molecule has 4 aromatic rings. The highest BCUT2D eigenvalue weighted by molar-refractivity contribution is 6.09. The molecule has 2 heterocycles. The van der Waals surface area contributed by atoms with Crippen LogP contribution in [0.4, 0.5) is 5.95 Å². The van der Waals surface area contributed by atoms with Gasteiger partial charge in [-0.2, -0.15) is 0 Å². The summed E-state index contributed by atoms with van der Waals surface area (Å²) in [5, 5.41) is 12.6. The zero-order valence-electron chi connectivity index (χ0n) is 18.8. The number of furan rings is 1. The molecule has 0 aliphatic rings. The van der Waals surface area contributed by atoms with Crippen molar-refractivity contribution in [3.8, 4) is 0 Å². The number of hydrogen-bond acceptors (Lipinski definition) is 6. The number of benzene rings is 2. The number of carbonyl (C=O) groups is 1. The zero-order chi connectivity index (χ0) is 23.1. The highest BCUT2D eigenvalue weighted by Gasteiger charge is 2.08. The molecule has 0 aliphatic carbocycles. The van der Waals surface area contributed by atoms with Gasteiger partial charge in [0.15, 0.2) is 0 Å². The Balaban J connectivity index is 0.000000219. The zero-order valence-corrected chi connectivity index (χ0v) is 18.8. The second-order valence-corrected chi connectivity index (χ2v) is 7.92. The first kappa shape index (κ1) is 22.9. The van der Waals surface area contributed by atoms with Crippen LogP contribution in [0.2, 0.25) is 0 Å². The maximum Gasteiger partial charge on any atom is 0.222 e. The van der Waals surface area contributed by atoms with Crippen molar-refractivity contribution in [3.63, 3.8) is 0 Å². The maximum absolute atomic E-state index is 10.3. The average molecular weight is 429 g/mol. The molecule has 0 radical (unpaired) electrons. The van der Waals surface area contributed by atoms with Gasteiger partial charge in [-0.15, -0.1) is 0 Å². The Bertz CT molecular complexity index is 1260. The molecule has 0 spiro atoms. The Hall–Kier alpha value is -3.80. The van der Waals surface area contributed by atoms with Crippen LogP contribution < -0.4 is 5.32 Å². The van der Waals surface area contributed by atoms with Crippen LogP contribution in [0, 0.1) is 17.2 Å². The van der Waals surface area contributed by atoms with Crippen molar-refractivity contribution in [2.45, 2.75) is 20.8 Å². The molecule has 2 N–H and O–H groups in total. The van der Waals surface area contributed by atoms with Crippen molar-refractivity contribution in [2.24, 2.45) is 11.8 Å². The normalized spacial score (nSPS) is 12.3. The highest BCUT2D eigenvalue weighted by Crippen LogP contribution is 2.23. The monoisotopic (exact) mass is 428 g/mol. The summed E-state index contributed by atoms with van der Waals surface area (Å²) >= 11 is 0. The number of hydrogen-bond donors (Lipinski definition) is 2. The van der Waals surface area contributed by atoms with E-state index in [0.717, 1.165) is 39.3 Å². The smallest absolute Gasteiger partial charge is 0.222 e. The molecule has 2 aromatic carbocycles. The Morgan fingerprint density at radius 3 is 2.59 bits per heavy atom. The SMILES string of the molecule is CNc1ncc2ccc(/C(C=N)=C/C(C)C(C)C)cc2n1.O=Cc1ccc2occc2c1. The third-order valence-electron chi connectivity index (χ3n) is 5.40. The van der Waals surface area contributed by atoms with Crippen molar-refractivity contribution in [2.75, 3.05) is 12.4 Å². The van der Waals surface area contributed by atoms with E-state index in [9.17, 15) is 4.79 Å². The summed E-state index contributed by atoms with van der Waals surface area (Å²) < 4.78 is 5.10. The van der Waals surface area contributed by atoms with Gasteiger partial charge in [-0.1, -0.05) is 39.0 Å². The van der Waals surface area contributed by atoms with Gasteiger partial charge in [-0.25, -0.2) is 9.97 Å². The minimum absolute atomic E-state index is 0.426. The molecule has 4 rings (SSSR count). The molecular weight excluding hydrogens is 400 g/mol. The first-order valence-corrected chi connectivity index (χ1v) is 10.5. The third kappa shape index (κ3) is 5.46. The lowest BCUT2D eigenvalue weighted by atomic mass is 9.93. The summed E-state index contributed by atoms with van der Waals surface area (Å²) in [5.74, 6) is 1.59. The summed E-state index contributed by atoms with van der Waals surface area (Å²) in [6, 6.07) is 13.2. The topological polar surface area (TPSA) is 91.9 Å². The number of allylic oxidation sites excluding steroid dienone is 2. The van der Waals surface area contributed by atoms with Crippen molar-refractivity contribution >= 4 is 45.9 Å². The van der Waals surface area contributed by atoms with E-state index in [1.807, 2.05) is 30.5 Å². The van der Waals surface area contributed by atoms with Crippen LogP contribution in [0.5, 0.6) is 0 Å². The molecule has 1 atom stereocenters. The number of fused-ring (bicyclic) bond motifs is 2. The molecule has 0 saturated carbocycles. The van der Waals surface area contributed by atoms with Crippen molar-refractivity contribution in [1.29, 1.82) is 5.41 Å². The predicted octanol–water partition coefficient (Wildman–Crippen LogP) is 6.24. The lowest BCUT2D eigenvalue weighted by molar-refractivity contribution is 0.112. The number of anilines is 1. The summed E-state index contributed by atoms with van der Waals surface area (Å²) in [6.45, 7) is 6.56. The van der Waals surface area contributed by atoms with Gasteiger partial charge in [0.2, 0.25) is 5.95 Å². The maximum atomic E-state index is 10.3. The molecule has 2 aromatic heterocycles. The predicted molar refractivity (Wildman–Crippen MR) is 131 cm³/mol. The number of aromatic nitrogens is 2. The molecule has 164 valence electrons. The lowest BCUT2D eigenvalue weighted by Gasteiger charge is -2.12. The van der Waals surface area contributed by atoms with Gasteiger partial charge in [-0.3, -0.25) is 4.79 Å². The molecule has 6 nitrogen and oxygen atoms in total. The van der Waals surface area contributed by atoms with Gasteiger partial charge < -0.3 is 15.1 Å². The van der Waals surface area contributed by atoms with Crippen molar-refractivity contribution in [3.05, 3.63) is 72.1 Å². The molecular formula is C26H28N4O2. The molecule has 0 fully saturated rings. The minimum Gasteiger partial charge on any atom is -0.464 e. The van der Waals surface area contributed by atoms with Gasteiger partial charge >= 0.3 is 0 Å². The fraction of sp³-hybridized carbons (Fsp3) is 0.231. The van der Waals surface area contributed by atoms with E-state index < -0.39 is 0 Å². The largest absolute Gasteiger partial charge is 0.464 e. The van der Waals surface area contributed by atoms with Crippen molar-refractivity contribution in [1.82, 2.24) is 9.97 Å². The molecule has 0 bridgehead atoms. The number of rotatable bonds is 6. The first-order chi connectivity index (χ1) is 15.4. The molecule has 1 unspecified atom stereocenters. The molecule has 6 heteroatoms. The summed E-state index contributed by atoms with van der Waals surface area (Å²) in [5.41, 5.74) is 4.33. The van der Waals surface area contributed by atoms with Crippen LogP contribution in [0.15, 0.2) is 65.4 Å². The fourth-order valence-corrected chi connectivity index (χ4v) is 3.09. The van der Waals surface area contributed by atoms with E-state index in [4.69, 9.17) is 9.83 Å². The van der Waals surface area contributed by atoms with Gasteiger partial charge in [0.05, 0.1) is 11.8 Å². The molecule has 0 amide bonds. The molecule has 32 heavy (non-hydrogen) atoms. The van der Waals surface area contributed by atoms with E-state index in [2.05, 4.69) is 42.1 Å². The Morgan fingerprint density at radius 2 is 1.91 bits per heavy atom. The van der Waals surface area contributed by atoms with E-state index >= 15 is 0 Å². The van der Waals surface area contributed by atoms with Crippen LogP contribution in [0.1, 0.15) is 36.7 Å². The average Bonchev–Trinajstić information content (AvgIpc) is 3.29. The van der Waals surface area contributed by atoms with E-state index in [0.29, 0.717) is 23.3 Å². The van der Waals surface area contributed by atoms with Crippen LogP contribution in [0.3, 0.4) is 0 Å². The van der Waals surface area contributed by atoms with Gasteiger partial charge in [0.1, 0.15) is 11.9 Å². The van der Waals surface area contributed by atoms with Crippen molar-refractivity contribution < 1.29 is 9.21 Å². The highest BCUT2D eigenvalue weighted by atomic mass is 16.3. The lowest BCUT2D eigenvalue weighted by Crippen LogP contribution is -2.02. The van der Waals surface area contributed by atoms with Gasteiger partial charge in [0, 0.05) is 35.8 Å². The quantitative estimate of drug-likeness (QED) is 0.280. The van der Waals surface area contributed by atoms with Crippen LogP contribution in [0.25, 0.3) is 27.4 Å². The molecule has 0 aliphatic heterocycles. The number of carbonyl (C=O) groups excluding carboxylic acids is 1. The minimum atomic E-state index is 0.426. The summed E-state index contributed by atoms with van der Waals surface area (Å²) in [7, 11) is 1.80. The standard InChI is InChI=1S/C17H22N4.C9H6O2/c1-11(2)12(3)7-15(9-18)13-5-6-14-10-20-17(19-4)21-16(14)8-13;10-6-7-1-2-9-8(5-7)3-4-11-9/h5-12,18H,1-4H3,(H,19,20,21);1-6H/b15-7+,18-9?;. The number of nitrogens with zero attached hydrogens (tertiary/aromatic N) is 2. The first-order valence-electron chi connectivity index (χ1n) is 10.5. The van der Waals surface area contributed by atoms with Gasteiger partial charge in [-0.05, 0) is 53.3 Å². The third-order valence-corrected chi connectivity index (χ3v) is 5.40. The Kier molecular flexibility index (Phi) is 7.49. The van der Waals surface area contributed by atoms with E-state index in [-0.39, 0.29) is 0 Å². The number of aldehydes is 1. The summed E-state index contributed by atoms with van der Waals surface area (Å²) in [4.78, 5) is 19.0. The summed E-state index contributed by atoms with van der Waals surface area (Å²) in [6.07, 6.45) is 7.81. The van der Waals surface area contributed by atoms with Crippen LogP contribution in [-0.4, -0.2) is 29.5 Å². The Morgan fingerprint density at radius 1 is 1.09 bits per heavy atom. The fourth-order valence-electron chi connectivity index (χ4n) is 3.09.